The Hall–Kier alpha value is -1.54. The Bertz CT molecular complexity index is 1130. The fourth-order valence-corrected chi connectivity index (χ4v) is 7.81. The maximum absolute atomic E-state index is 12.7. The molecule has 0 N–H and O–H groups in total. The number of carbonyl (C=O) groups is 1. The lowest BCUT2D eigenvalue weighted by molar-refractivity contribution is -0.870. The van der Waals surface area contributed by atoms with Crippen LogP contribution in [0.25, 0.3) is 0 Å². The van der Waals surface area contributed by atoms with Crippen LogP contribution < -0.4 is 4.89 Å². The number of esters is 1. The molecule has 0 saturated carbocycles. The van der Waals surface area contributed by atoms with Gasteiger partial charge in [-0.2, -0.15) is 0 Å². The normalized spacial score (nSPS) is 14.0. The molecule has 8 nitrogen and oxygen atoms in total. The predicted molar refractivity (Wildman–Crippen MR) is 263 cm³/mol. The minimum atomic E-state index is -4.53. The summed E-state index contributed by atoms with van der Waals surface area (Å²) in [7, 11) is 1.35. The fraction of sp³-hybridized carbons (Fsp3) is 0.830. The van der Waals surface area contributed by atoms with Gasteiger partial charge in [-0.3, -0.25) is 9.36 Å². The van der Waals surface area contributed by atoms with Gasteiger partial charge in [-0.1, -0.05) is 191 Å². The van der Waals surface area contributed by atoms with Crippen molar-refractivity contribution in [3.05, 3.63) is 48.6 Å². The molecule has 0 heterocycles. The van der Waals surface area contributed by atoms with Crippen LogP contribution in [0.3, 0.4) is 0 Å². The van der Waals surface area contributed by atoms with Gasteiger partial charge in [0, 0.05) is 13.0 Å². The first-order valence-electron chi connectivity index (χ1n) is 25.9. The standard InChI is InChI=1S/C53H100NO7P/c1-6-8-10-12-14-16-18-20-22-23-24-25-26-27-28-29-30-31-32-33-35-37-39-41-43-45-48-58-50-52(51-60-62(56,57)59-49-47-54(3,4)5)61-53(55)46-44-42-40-38-36-34-21-19-17-15-13-11-9-7-2/h18-21,23-24,26-27,52H,6-17,22,25,28-51H2,1-5H3/b20-18-,21-19-,24-23-,27-26-. The van der Waals surface area contributed by atoms with Gasteiger partial charge in [0.1, 0.15) is 19.3 Å². The number of quaternary nitrogens is 1. The van der Waals surface area contributed by atoms with E-state index >= 15 is 0 Å². The Morgan fingerprint density at radius 2 is 0.887 bits per heavy atom. The lowest BCUT2D eigenvalue weighted by Gasteiger charge is -2.28. The summed E-state index contributed by atoms with van der Waals surface area (Å²) in [4.78, 5) is 25.1. The van der Waals surface area contributed by atoms with Crippen LogP contribution in [0, 0.1) is 0 Å². The quantitative estimate of drug-likeness (QED) is 0.0197. The number of likely N-dealkylation sites (N-methyl/N-ethyl adjacent to an activating group) is 1. The summed E-state index contributed by atoms with van der Waals surface area (Å²) in [5.74, 6) is -0.343. The molecule has 62 heavy (non-hydrogen) atoms. The minimum Gasteiger partial charge on any atom is -0.756 e. The van der Waals surface area contributed by atoms with Crippen LogP contribution in [-0.2, 0) is 27.9 Å². The Morgan fingerprint density at radius 3 is 1.34 bits per heavy atom. The number of hydrogen-bond acceptors (Lipinski definition) is 7. The van der Waals surface area contributed by atoms with E-state index in [4.69, 9.17) is 18.5 Å². The molecule has 0 aromatic heterocycles. The summed E-state index contributed by atoms with van der Waals surface area (Å²) in [6.45, 7) is 5.39. The van der Waals surface area contributed by atoms with Crippen LogP contribution in [0.15, 0.2) is 48.6 Å². The number of allylic oxidation sites excluding steroid dienone is 8. The van der Waals surface area contributed by atoms with Crippen molar-refractivity contribution in [2.75, 3.05) is 54.1 Å². The molecule has 0 spiro atoms. The molecule has 0 aliphatic heterocycles. The number of phosphoric acid groups is 1. The molecule has 0 aliphatic carbocycles. The molecule has 0 bridgehead atoms. The van der Waals surface area contributed by atoms with Gasteiger partial charge in [0.15, 0.2) is 0 Å². The molecule has 9 heteroatoms. The maximum Gasteiger partial charge on any atom is 0.306 e. The molecular weight excluding hydrogens is 794 g/mol. The Labute approximate surface area is 384 Å². The number of nitrogens with zero attached hydrogens (tertiary/aromatic N) is 1. The largest absolute Gasteiger partial charge is 0.756 e. The van der Waals surface area contributed by atoms with E-state index in [0.717, 1.165) is 57.8 Å². The molecule has 2 unspecified atom stereocenters. The highest BCUT2D eigenvalue weighted by molar-refractivity contribution is 7.45. The predicted octanol–water partition coefficient (Wildman–Crippen LogP) is 15.3. The zero-order valence-electron chi connectivity index (χ0n) is 41.3. The van der Waals surface area contributed by atoms with E-state index in [1.54, 1.807) is 0 Å². The van der Waals surface area contributed by atoms with Gasteiger partial charge in [0.25, 0.3) is 7.82 Å². The first-order chi connectivity index (χ1) is 30.1. The van der Waals surface area contributed by atoms with Crippen molar-refractivity contribution in [1.82, 2.24) is 0 Å². The second-order valence-corrected chi connectivity index (χ2v) is 19.9. The lowest BCUT2D eigenvalue weighted by Crippen LogP contribution is -2.37. The molecule has 364 valence electrons. The van der Waals surface area contributed by atoms with E-state index in [1.165, 1.54) is 148 Å². The monoisotopic (exact) mass is 894 g/mol. The van der Waals surface area contributed by atoms with Gasteiger partial charge in [-0.05, 0) is 77.0 Å². The molecule has 0 fully saturated rings. The van der Waals surface area contributed by atoms with Gasteiger partial charge in [-0.25, -0.2) is 0 Å². The van der Waals surface area contributed by atoms with Crippen molar-refractivity contribution >= 4 is 13.8 Å². The number of ether oxygens (including phenoxy) is 2. The van der Waals surface area contributed by atoms with Crippen LogP contribution in [0.4, 0.5) is 0 Å². The van der Waals surface area contributed by atoms with Crippen molar-refractivity contribution in [1.29, 1.82) is 0 Å². The van der Waals surface area contributed by atoms with Gasteiger partial charge in [0.05, 0.1) is 34.4 Å². The highest BCUT2D eigenvalue weighted by Crippen LogP contribution is 2.38. The highest BCUT2D eigenvalue weighted by atomic mass is 31.2. The van der Waals surface area contributed by atoms with Crippen molar-refractivity contribution in [2.24, 2.45) is 0 Å². The van der Waals surface area contributed by atoms with E-state index in [1.807, 2.05) is 21.1 Å². The molecule has 0 rings (SSSR count). The number of carbonyl (C=O) groups excluding carboxylic acids is 1. The summed E-state index contributed by atoms with van der Waals surface area (Å²) in [6.07, 6.45) is 57.1. The number of rotatable bonds is 48. The third-order valence-corrected chi connectivity index (χ3v) is 12.1. The van der Waals surface area contributed by atoms with Crippen molar-refractivity contribution in [3.8, 4) is 0 Å². The van der Waals surface area contributed by atoms with Gasteiger partial charge in [-0.15, -0.1) is 0 Å². The van der Waals surface area contributed by atoms with E-state index in [-0.39, 0.29) is 25.8 Å². The summed E-state index contributed by atoms with van der Waals surface area (Å²) >= 11 is 0. The minimum absolute atomic E-state index is 0.0233. The first kappa shape index (κ1) is 60.5. The molecule has 0 aromatic carbocycles. The summed E-state index contributed by atoms with van der Waals surface area (Å²) in [5, 5.41) is 0. The summed E-state index contributed by atoms with van der Waals surface area (Å²) in [5.41, 5.74) is 0. The second kappa shape index (κ2) is 46.0. The number of phosphoric ester groups is 1. The maximum atomic E-state index is 12.7. The number of unbranched alkanes of at least 4 members (excludes halogenated alkanes) is 26. The van der Waals surface area contributed by atoms with Crippen LogP contribution in [0.1, 0.15) is 226 Å². The van der Waals surface area contributed by atoms with Gasteiger partial charge >= 0.3 is 5.97 Å². The number of hydrogen-bond donors (Lipinski definition) is 0. The molecule has 0 aliphatic rings. The van der Waals surface area contributed by atoms with E-state index in [9.17, 15) is 14.3 Å². The zero-order valence-corrected chi connectivity index (χ0v) is 42.2. The van der Waals surface area contributed by atoms with E-state index in [0.29, 0.717) is 24.1 Å². The van der Waals surface area contributed by atoms with Gasteiger partial charge < -0.3 is 27.9 Å². The average molecular weight is 894 g/mol. The highest BCUT2D eigenvalue weighted by Gasteiger charge is 2.20. The van der Waals surface area contributed by atoms with Crippen molar-refractivity contribution < 1.29 is 37.3 Å². The summed E-state index contributed by atoms with van der Waals surface area (Å²) < 4.78 is 34.7. The van der Waals surface area contributed by atoms with Crippen LogP contribution in [0.2, 0.25) is 0 Å². The van der Waals surface area contributed by atoms with E-state index < -0.39 is 13.9 Å². The van der Waals surface area contributed by atoms with E-state index in [2.05, 4.69) is 62.5 Å². The van der Waals surface area contributed by atoms with Gasteiger partial charge in [0.2, 0.25) is 0 Å². The van der Waals surface area contributed by atoms with Crippen LogP contribution in [-0.4, -0.2) is 70.7 Å². The third kappa shape index (κ3) is 49.5. The fourth-order valence-electron chi connectivity index (χ4n) is 7.08. The van der Waals surface area contributed by atoms with Crippen LogP contribution >= 0.6 is 7.82 Å². The average Bonchev–Trinajstić information content (AvgIpc) is 3.23. The van der Waals surface area contributed by atoms with Crippen LogP contribution in [0.5, 0.6) is 0 Å². The topological polar surface area (TPSA) is 94.1 Å². The first-order valence-corrected chi connectivity index (χ1v) is 27.3. The Kier molecular flexibility index (Phi) is 44.9. The molecule has 0 radical (unpaired) electrons. The smallest absolute Gasteiger partial charge is 0.306 e. The third-order valence-electron chi connectivity index (χ3n) is 11.1. The second-order valence-electron chi connectivity index (χ2n) is 18.5. The Balaban J connectivity index is 4.09. The molecule has 0 saturated heterocycles. The lowest BCUT2D eigenvalue weighted by atomic mass is 10.1. The molecular formula is C53H100NO7P. The molecule has 0 aromatic rings. The SMILES string of the molecule is CCCCCCC/C=C\C/C=C\C/C=C\CCCCCCCCCCCCCOCC(COP(=O)([O-])OCC[N+](C)(C)C)OC(=O)CCCCCCC/C=C\CCCCCCC. The Morgan fingerprint density at radius 1 is 0.500 bits per heavy atom. The summed E-state index contributed by atoms with van der Waals surface area (Å²) in [6, 6.07) is 0. The van der Waals surface area contributed by atoms with Crippen molar-refractivity contribution in [3.63, 3.8) is 0 Å². The van der Waals surface area contributed by atoms with Crippen molar-refractivity contribution in [2.45, 2.75) is 232 Å². The molecule has 0 amide bonds. The zero-order chi connectivity index (χ0) is 45.5. The molecule has 2 atom stereocenters.